The van der Waals surface area contributed by atoms with E-state index in [2.05, 4.69) is 39.5 Å². The summed E-state index contributed by atoms with van der Waals surface area (Å²) in [5.41, 5.74) is -3.26. The van der Waals surface area contributed by atoms with E-state index in [4.69, 9.17) is 0 Å². The van der Waals surface area contributed by atoms with Crippen molar-refractivity contribution in [2.75, 3.05) is 19.6 Å². The Morgan fingerprint density at radius 3 is 0.786 bits per heavy atom. The van der Waals surface area contributed by atoms with Crippen molar-refractivity contribution in [2.45, 2.75) is 55.3 Å². The number of aliphatic hydroxyl groups is 3. The zero-order valence-corrected chi connectivity index (χ0v) is 17.4. The van der Waals surface area contributed by atoms with Gasteiger partial charge in [-0.2, -0.15) is 0 Å². The van der Waals surface area contributed by atoms with Gasteiger partial charge in [0.05, 0.1) is 16.8 Å². The standard InChI is InChI=1S/C24H39NO3/c1-7-13-22(26,14-8-2)19-25(20-23(27,15-9-3)16-10-4)21-24(28,17-11-5)18-12-6/h7-12,26-28H,1-6,13-21H2. The van der Waals surface area contributed by atoms with Crippen molar-refractivity contribution in [3.8, 4) is 0 Å². The Morgan fingerprint density at radius 1 is 0.464 bits per heavy atom. The number of nitrogens with zero attached hydrogens (tertiary/aromatic N) is 1. The van der Waals surface area contributed by atoms with Crippen molar-refractivity contribution in [1.29, 1.82) is 0 Å². The van der Waals surface area contributed by atoms with Gasteiger partial charge >= 0.3 is 0 Å². The second-order valence-corrected chi connectivity index (χ2v) is 7.77. The lowest BCUT2D eigenvalue weighted by molar-refractivity contribution is -0.0661. The summed E-state index contributed by atoms with van der Waals surface area (Å²) in [6.07, 6.45) is 12.2. The third-order valence-corrected chi connectivity index (χ3v) is 4.70. The van der Waals surface area contributed by atoms with Crippen molar-refractivity contribution >= 4 is 0 Å². The summed E-state index contributed by atoms with van der Waals surface area (Å²) >= 11 is 0. The molecule has 0 saturated carbocycles. The molecule has 0 aromatic rings. The van der Waals surface area contributed by atoms with Crippen LogP contribution in [-0.2, 0) is 0 Å². The largest absolute Gasteiger partial charge is 0.388 e. The molecule has 0 bridgehead atoms. The van der Waals surface area contributed by atoms with Gasteiger partial charge in [-0.25, -0.2) is 0 Å². The van der Waals surface area contributed by atoms with Gasteiger partial charge in [-0.3, -0.25) is 4.90 Å². The molecule has 0 aromatic carbocycles. The van der Waals surface area contributed by atoms with Gasteiger partial charge in [-0.15, -0.1) is 39.5 Å². The molecule has 0 aliphatic rings. The smallest absolute Gasteiger partial charge is 0.0842 e. The summed E-state index contributed by atoms with van der Waals surface area (Å²) < 4.78 is 0. The van der Waals surface area contributed by atoms with Crippen LogP contribution in [0.3, 0.4) is 0 Å². The van der Waals surface area contributed by atoms with E-state index in [-0.39, 0.29) is 19.6 Å². The minimum Gasteiger partial charge on any atom is -0.388 e. The maximum atomic E-state index is 11.1. The average molecular weight is 390 g/mol. The van der Waals surface area contributed by atoms with Crippen LogP contribution in [0.5, 0.6) is 0 Å². The van der Waals surface area contributed by atoms with E-state index in [1.165, 1.54) is 0 Å². The first kappa shape index (κ1) is 26.3. The molecule has 0 spiro atoms. The van der Waals surface area contributed by atoms with Crippen molar-refractivity contribution < 1.29 is 15.3 Å². The van der Waals surface area contributed by atoms with E-state index >= 15 is 0 Å². The Balaban J connectivity index is 5.83. The molecular formula is C24H39NO3. The van der Waals surface area contributed by atoms with Crippen LogP contribution in [0.4, 0.5) is 0 Å². The molecule has 0 saturated heterocycles. The molecule has 0 heterocycles. The molecule has 28 heavy (non-hydrogen) atoms. The minimum absolute atomic E-state index is 0.248. The molecule has 158 valence electrons. The lowest BCUT2D eigenvalue weighted by Crippen LogP contribution is -2.54. The molecule has 0 radical (unpaired) electrons. The van der Waals surface area contributed by atoms with Crippen LogP contribution in [0.25, 0.3) is 0 Å². The molecule has 0 aliphatic carbocycles. The van der Waals surface area contributed by atoms with E-state index in [0.29, 0.717) is 38.5 Å². The fourth-order valence-electron chi connectivity index (χ4n) is 3.67. The molecule has 3 N–H and O–H groups in total. The normalized spacial score (nSPS) is 12.4. The lowest BCUT2D eigenvalue weighted by Gasteiger charge is -2.41. The third-order valence-electron chi connectivity index (χ3n) is 4.70. The Labute approximate surface area is 171 Å². The van der Waals surface area contributed by atoms with Crippen molar-refractivity contribution in [2.24, 2.45) is 0 Å². The van der Waals surface area contributed by atoms with Crippen LogP contribution in [-0.4, -0.2) is 56.7 Å². The van der Waals surface area contributed by atoms with Gasteiger partial charge in [-0.05, 0) is 38.5 Å². The zero-order valence-electron chi connectivity index (χ0n) is 17.4. The van der Waals surface area contributed by atoms with Crippen LogP contribution < -0.4 is 0 Å². The third kappa shape index (κ3) is 9.47. The molecule has 0 aromatic heterocycles. The predicted octanol–water partition coefficient (Wildman–Crippen LogP) is 3.94. The number of rotatable bonds is 18. The van der Waals surface area contributed by atoms with Crippen LogP contribution in [0.15, 0.2) is 75.9 Å². The van der Waals surface area contributed by atoms with Gasteiger partial charge in [0, 0.05) is 19.6 Å². The monoisotopic (exact) mass is 389 g/mol. The van der Waals surface area contributed by atoms with Gasteiger partial charge in [0.15, 0.2) is 0 Å². The fourth-order valence-corrected chi connectivity index (χ4v) is 3.67. The first-order valence-electron chi connectivity index (χ1n) is 9.70. The summed E-state index contributed by atoms with van der Waals surface area (Å²) in [5.74, 6) is 0. The van der Waals surface area contributed by atoms with Crippen molar-refractivity contribution in [3.63, 3.8) is 0 Å². The molecule has 4 nitrogen and oxygen atoms in total. The molecule has 0 aliphatic heterocycles. The van der Waals surface area contributed by atoms with Crippen molar-refractivity contribution in [1.82, 2.24) is 4.90 Å². The second-order valence-electron chi connectivity index (χ2n) is 7.77. The Morgan fingerprint density at radius 2 is 0.643 bits per heavy atom. The zero-order chi connectivity index (χ0) is 21.7. The molecule has 0 fully saturated rings. The summed E-state index contributed by atoms with van der Waals surface area (Å²) in [5, 5.41) is 33.2. The summed E-state index contributed by atoms with van der Waals surface area (Å²) in [6.45, 7) is 23.2. The van der Waals surface area contributed by atoms with Gasteiger partial charge in [-0.1, -0.05) is 36.5 Å². The SMILES string of the molecule is C=CCC(O)(CC=C)CN(CC(O)(CC=C)CC=C)CC(O)(CC=C)CC=C. The van der Waals surface area contributed by atoms with Crippen LogP contribution in [0, 0.1) is 0 Å². The Hall–Kier alpha value is -1.72. The maximum Gasteiger partial charge on any atom is 0.0842 e. The van der Waals surface area contributed by atoms with E-state index in [1.807, 2.05) is 4.90 Å². The summed E-state index contributed by atoms with van der Waals surface area (Å²) in [7, 11) is 0. The second kappa shape index (κ2) is 12.7. The van der Waals surface area contributed by atoms with Gasteiger partial charge < -0.3 is 15.3 Å². The van der Waals surface area contributed by atoms with E-state index in [1.54, 1.807) is 36.5 Å². The van der Waals surface area contributed by atoms with Crippen molar-refractivity contribution in [3.05, 3.63) is 75.9 Å². The lowest BCUT2D eigenvalue weighted by atomic mass is 9.88. The molecule has 0 unspecified atom stereocenters. The van der Waals surface area contributed by atoms with E-state index in [9.17, 15) is 15.3 Å². The fraction of sp³-hybridized carbons (Fsp3) is 0.500. The molecule has 4 heteroatoms. The minimum atomic E-state index is -1.09. The summed E-state index contributed by atoms with van der Waals surface area (Å²) in [4.78, 5) is 1.90. The highest BCUT2D eigenvalue weighted by Gasteiger charge is 2.36. The molecule has 0 atom stereocenters. The van der Waals surface area contributed by atoms with Crippen LogP contribution in [0.2, 0.25) is 0 Å². The average Bonchev–Trinajstić information content (AvgIpc) is 2.55. The number of hydrogen-bond acceptors (Lipinski definition) is 4. The highest BCUT2D eigenvalue weighted by Crippen LogP contribution is 2.27. The van der Waals surface area contributed by atoms with Gasteiger partial charge in [0.1, 0.15) is 0 Å². The van der Waals surface area contributed by atoms with Crippen LogP contribution >= 0.6 is 0 Å². The van der Waals surface area contributed by atoms with Crippen LogP contribution in [0.1, 0.15) is 38.5 Å². The number of hydrogen-bond donors (Lipinski definition) is 3. The van der Waals surface area contributed by atoms with Gasteiger partial charge in [0.2, 0.25) is 0 Å². The van der Waals surface area contributed by atoms with Gasteiger partial charge in [0.25, 0.3) is 0 Å². The molecule has 0 rings (SSSR count). The topological polar surface area (TPSA) is 63.9 Å². The van der Waals surface area contributed by atoms with E-state index in [0.717, 1.165) is 0 Å². The predicted molar refractivity (Wildman–Crippen MR) is 120 cm³/mol. The quantitative estimate of drug-likeness (QED) is 0.311. The molecular weight excluding hydrogens is 350 g/mol. The first-order chi connectivity index (χ1) is 13.1. The highest BCUT2D eigenvalue weighted by molar-refractivity contribution is 5.01. The molecule has 0 amide bonds. The Kier molecular flexibility index (Phi) is 11.9. The van der Waals surface area contributed by atoms with E-state index < -0.39 is 16.8 Å². The first-order valence-corrected chi connectivity index (χ1v) is 9.70. The Bertz CT molecular complexity index is 432. The maximum absolute atomic E-state index is 11.1. The highest BCUT2D eigenvalue weighted by atomic mass is 16.3. The summed E-state index contributed by atoms with van der Waals surface area (Å²) in [6, 6.07) is 0.